The number of aromatic nitrogens is 1. The molecular formula is C18H15F3N2O. The van der Waals surface area contributed by atoms with E-state index in [1.165, 1.54) is 0 Å². The number of halogens is 3. The summed E-state index contributed by atoms with van der Waals surface area (Å²) in [6.07, 6.45) is 1.41. The summed E-state index contributed by atoms with van der Waals surface area (Å²) in [6, 6.07) is 8.86. The van der Waals surface area contributed by atoms with Crippen LogP contribution in [0.1, 0.15) is 11.1 Å². The number of carbonyl (C=O) groups excluding carboxylic acids is 1. The molecule has 0 radical (unpaired) electrons. The minimum atomic E-state index is -1.06. The number of nitrogens with one attached hydrogen (secondary N) is 1. The minimum Gasteiger partial charge on any atom is -0.352 e. The molecule has 0 bridgehead atoms. The van der Waals surface area contributed by atoms with Gasteiger partial charge in [0.1, 0.15) is 17.5 Å². The monoisotopic (exact) mass is 332 g/mol. The molecule has 0 aliphatic carbocycles. The largest absolute Gasteiger partial charge is 0.352 e. The van der Waals surface area contributed by atoms with Crippen LogP contribution >= 0.6 is 0 Å². The number of hydrogen-bond donors (Lipinski definition) is 1. The van der Waals surface area contributed by atoms with E-state index in [1.807, 2.05) is 42.1 Å². The van der Waals surface area contributed by atoms with Crippen LogP contribution in [0, 0.1) is 17.5 Å². The average Bonchev–Trinajstić information content (AvgIpc) is 2.86. The number of aryl methyl sites for hydroxylation is 1. The van der Waals surface area contributed by atoms with Crippen LogP contribution in [0.25, 0.3) is 10.9 Å². The van der Waals surface area contributed by atoms with Gasteiger partial charge in [0.25, 0.3) is 0 Å². The molecule has 0 unspecified atom stereocenters. The summed E-state index contributed by atoms with van der Waals surface area (Å²) in [7, 11) is 1.90. The molecule has 0 fully saturated rings. The zero-order chi connectivity index (χ0) is 17.3. The van der Waals surface area contributed by atoms with Crippen molar-refractivity contribution in [3.63, 3.8) is 0 Å². The first kappa shape index (κ1) is 16.1. The Balaban J connectivity index is 1.72. The van der Waals surface area contributed by atoms with Crippen LogP contribution in [0.3, 0.4) is 0 Å². The van der Waals surface area contributed by atoms with Crippen molar-refractivity contribution in [2.24, 2.45) is 7.05 Å². The van der Waals surface area contributed by atoms with Crippen LogP contribution in [0.15, 0.2) is 42.6 Å². The Hall–Kier alpha value is -2.76. The Kier molecular flexibility index (Phi) is 4.29. The molecule has 1 aromatic heterocycles. The van der Waals surface area contributed by atoms with Gasteiger partial charge in [0.15, 0.2) is 0 Å². The fourth-order valence-electron chi connectivity index (χ4n) is 2.72. The molecule has 1 N–H and O–H groups in total. The lowest BCUT2D eigenvalue weighted by atomic mass is 10.1. The fourth-order valence-corrected chi connectivity index (χ4v) is 2.72. The number of hydrogen-bond acceptors (Lipinski definition) is 1. The van der Waals surface area contributed by atoms with Gasteiger partial charge in [-0.15, -0.1) is 0 Å². The summed E-state index contributed by atoms with van der Waals surface area (Å²) in [5.74, 6) is -3.67. The molecule has 0 spiro atoms. The van der Waals surface area contributed by atoms with Crippen LogP contribution in [-0.4, -0.2) is 10.5 Å². The third kappa shape index (κ3) is 3.13. The maximum Gasteiger partial charge on any atom is 0.224 e. The molecule has 1 heterocycles. The number of rotatable bonds is 4. The van der Waals surface area contributed by atoms with Crippen LogP contribution in [-0.2, 0) is 24.8 Å². The highest BCUT2D eigenvalue weighted by Crippen LogP contribution is 2.20. The van der Waals surface area contributed by atoms with E-state index in [0.717, 1.165) is 16.5 Å². The fraction of sp³-hybridized carbons (Fsp3) is 0.167. The molecule has 0 aliphatic heterocycles. The first-order chi connectivity index (χ1) is 11.5. The van der Waals surface area contributed by atoms with Gasteiger partial charge in [-0.05, 0) is 11.6 Å². The minimum absolute atomic E-state index is 0.241. The molecule has 6 heteroatoms. The quantitative estimate of drug-likeness (QED) is 0.780. The SMILES string of the molecule is Cn1cc(CNC(=O)Cc2c(F)cc(F)cc2F)c2ccccc21. The molecule has 24 heavy (non-hydrogen) atoms. The first-order valence-corrected chi connectivity index (χ1v) is 7.39. The van der Waals surface area contributed by atoms with Crippen molar-refractivity contribution in [1.82, 2.24) is 9.88 Å². The van der Waals surface area contributed by atoms with E-state index in [-0.39, 0.29) is 6.54 Å². The van der Waals surface area contributed by atoms with Crippen molar-refractivity contribution in [3.8, 4) is 0 Å². The number of carbonyl (C=O) groups is 1. The van der Waals surface area contributed by atoms with Crippen molar-refractivity contribution in [2.45, 2.75) is 13.0 Å². The lowest BCUT2D eigenvalue weighted by Gasteiger charge is -2.07. The van der Waals surface area contributed by atoms with Crippen LogP contribution in [0.5, 0.6) is 0 Å². The van der Waals surface area contributed by atoms with Gasteiger partial charge in [0.2, 0.25) is 5.91 Å². The summed E-state index contributed by atoms with van der Waals surface area (Å²) < 4.78 is 42.0. The van der Waals surface area contributed by atoms with Crippen LogP contribution in [0.2, 0.25) is 0 Å². The third-order valence-corrected chi connectivity index (χ3v) is 3.90. The van der Waals surface area contributed by atoms with Crippen molar-refractivity contribution in [1.29, 1.82) is 0 Å². The molecule has 1 amide bonds. The zero-order valence-corrected chi connectivity index (χ0v) is 12.9. The Labute approximate surface area is 136 Å². The Morgan fingerprint density at radius 2 is 1.79 bits per heavy atom. The smallest absolute Gasteiger partial charge is 0.224 e. The van der Waals surface area contributed by atoms with E-state index in [4.69, 9.17) is 0 Å². The predicted octanol–water partition coefficient (Wildman–Crippen LogP) is 3.45. The summed E-state index contributed by atoms with van der Waals surface area (Å²) in [5.41, 5.74) is 1.49. The van der Waals surface area contributed by atoms with Crippen molar-refractivity contribution < 1.29 is 18.0 Å². The molecule has 0 saturated heterocycles. The summed E-state index contributed by atoms with van der Waals surface area (Å²) in [5, 5.41) is 3.64. The highest BCUT2D eigenvalue weighted by atomic mass is 19.1. The van der Waals surface area contributed by atoms with Gasteiger partial charge in [-0.2, -0.15) is 0 Å². The molecular weight excluding hydrogens is 317 g/mol. The number of benzene rings is 2. The number of amides is 1. The van der Waals surface area contributed by atoms with Crippen molar-refractivity contribution in [2.75, 3.05) is 0 Å². The summed E-state index contributed by atoms with van der Waals surface area (Å²) in [4.78, 5) is 12.0. The molecule has 3 nitrogen and oxygen atoms in total. The zero-order valence-electron chi connectivity index (χ0n) is 12.9. The van der Waals surface area contributed by atoms with E-state index in [0.29, 0.717) is 12.1 Å². The van der Waals surface area contributed by atoms with Crippen molar-refractivity contribution >= 4 is 16.8 Å². The van der Waals surface area contributed by atoms with Crippen molar-refractivity contribution in [3.05, 3.63) is 71.2 Å². The number of nitrogens with zero attached hydrogens (tertiary/aromatic N) is 1. The number of para-hydroxylation sites is 1. The Morgan fingerprint density at radius 1 is 1.12 bits per heavy atom. The molecule has 2 aromatic carbocycles. The van der Waals surface area contributed by atoms with Gasteiger partial charge in [0.05, 0.1) is 6.42 Å². The topological polar surface area (TPSA) is 34.0 Å². The molecule has 3 aromatic rings. The maximum absolute atomic E-state index is 13.6. The first-order valence-electron chi connectivity index (χ1n) is 7.39. The average molecular weight is 332 g/mol. The van der Waals surface area contributed by atoms with Gasteiger partial charge in [-0.25, -0.2) is 13.2 Å². The number of fused-ring (bicyclic) bond motifs is 1. The Morgan fingerprint density at radius 3 is 2.50 bits per heavy atom. The molecule has 124 valence electrons. The standard InChI is InChI=1S/C18H15F3N2O/c1-23-10-11(13-4-2-3-5-17(13)23)9-22-18(24)8-14-15(20)6-12(19)7-16(14)21/h2-7,10H,8-9H2,1H3,(H,22,24). The normalized spacial score (nSPS) is 11.0. The van der Waals surface area contributed by atoms with Gasteiger partial charge in [0, 0.05) is 48.4 Å². The molecule has 0 aliphatic rings. The van der Waals surface area contributed by atoms with Gasteiger partial charge in [-0.3, -0.25) is 4.79 Å². The van der Waals surface area contributed by atoms with E-state index < -0.39 is 35.3 Å². The van der Waals surface area contributed by atoms with Gasteiger partial charge in [-0.1, -0.05) is 18.2 Å². The van der Waals surface area contributed by atoms with Gasteiger partial charge < -0.3 is 9.88 Å². The second-order valence-corrected chi connectivity index (χ2v) is 5.58. The predicted molar refractivity (Wildman–Crippen MR) is 84.8 cm³/mol. The lowest BCUT2D eigenvalue weighted by molar-refractivity contribution is -0.120. The molecule has 0 saturated carbocycles. The lowest BCUT2D eigenvalue weighted by Crippen LogP contribution is -2.25. The Bertz CT molecular complexity index is 895. The van der Waals surface area contributed by atoms with Crippen LogP contribution in [0.4, 0.5) is 13.2 Å². The van der Waals surface area contributed by atoms with E-state index in [9.17, 15) is 18.0 Å². The summed E-state index contributed by atoms with van der Waals surface area (Å²) >= 11 is 0. The molecule has 0 atom stereocenters. The van der Waals surface area contributed by atoms with Crippen LogP contribution < -0.4 is 5.32 Å². The second kappa shape index (κ2) is 6.39. The second-order valence-electron chi connectivity index (χ2n) is 5.58. The highest BCUT2D eigenvalue weighted by molar-refractivity contribution is 5.85. The van der Waals surface area contributed by atoms with E-state index >= 15 is 0 Å². The molecule has 3 rings (SSSR count). The summed E-state index contributed by atoms with van der Waals surface area (Å²) in [6.45, 7) is 0.241. The maximum atomic E-state index is 13.6. The highest BCUT2D eigenvalue weighted by Gasteiger charge is 2.15. The third-order valence-electron chi connectivity index (χ3n) is 3.90. The van der Waals surface area contributed by atoms with E-state index in [2.05, 4.69) is 5.32 Å². The van der Waals surface area contributed by atoms with E-state index in [1.54, 1.807) is 0 Å². The van der Waals surface area contributed by atoms with Gasteiger partial charge >= 0.3 is 0 Å².